The molecule has 0 amide bonds. The summed E-state index contributed by atoms with van der Waals surface area (Å²) in [6.45, 7) is 6.97. The minimum Gasteiger partial charge on any atom is -0.311 e. The second-order valence-electron chi connectivity index (χ2n) is 4.82. The minimum atomic E-state index is -0.127. The SMILES string of the molecule is CC1CN(Cc2ccc(Br)cc2F)C(C)CN1. The largest absolute Gasteiger partial charge is 0.311 e. The summed E-state index contributed by atoms with van der Waals surface area (Å²) in [5.74, 6) is -0.127. The van der Waals surface area contributed by atoms with Gasteiger partial charge in [-0.25, -0.2) is 4.39 Å². The Labute approximate surface area is 110 Å². The van der Waals surface area contributed by atoms with E-state index in [1.165, 1.54) is 6.07 Å². The molecule has 94 valence electrons. The van der Waals surface area contributed by atoms with Crippen LogP contribution in [0.2, 0.25) is 0 Å². The number of piperazine rings is 1. The van der Waals surface area contributed by atoms with E-state index in [2.05, 4.69) is 40.0 Å². The van der Waals surface area contributed by atoms with E-state index in [4.69, 9.17) is 0 Å². The Morgan fingerprint density at radius 3 is 2.94 bits per heavy atom. The van der Waals surface area contributed by atoms with Crippen LogP contribution in [-0.4, -0.2) is 30.1 Å². The standard InChI is InChI=1S/C13H18BrFN2/c1-9-7-17(10(2)6-16-9)8-11-3-4-12(14)5-13(11)15/h3-5,9-10,16H,6-8H2,1-2H3. The highest BCUT2D eigenvalue weighted by Gasteiger charge is 2.22. The molecule has 1 saturated heterocycles. The first-order chi connectivity index (χ1) is 8.06. The van der Waals surface area contributed by atoms with Crippen LogP contribution in [0, 0.1) is 5.82 Å². The van der Waals surface area contributed by atoms with Crippen LogP contribution in [0.5, 0.6) is 0 Å². The highest BCUT2D eigenvalue weighted by Crippen LogP contribution is 2.18. The van der Waals surface area contributed by atoms with Crippen LogP contribution in [0.4, 0.5) is 4.39 Å². The molecule has 2 unspecified atom stereocenters. The van der Waals surface area contributed by atoms with E-state index in [1.807, 2.05) is 12.1 Å². The maximum Gasteiger partial charge on any atom is 0.128 e. The first-order valence-corrected chi connectivity index (χ1v) is 6.77. The van der Waals surface area contributed by atoms with Crippen LogP contribution < -0.4 is 5.32 Å². The molecular formula is C13H18BrFN2. The summed E-state index contributed by atoms with van der Waals surface area (Å²) in [6, 6.07) is 6.22. The third-order valence-corrected chi connectivity index (χ3v) is 3.78. The van der Waals surface area contributed by atoms with Gasteiger partial charge in [-0.2, -0.15) is 0 Å². The molecule has 1 fully saturated rings. The lowest BCUT2D eigenvalue weighted by atomic mass is 10.1. The van der Waals surface area contributed by atoms with E-state index in [1.54, 1.807) is 0 Å². The van der Waals surface area contributed by atoms with Crippen molar-refractivity contribution in [2.24, 2.45) is 0 Å². The highest BCUT2D eigenvalue weighted by molar-refractivity contribution is 9.10. The Bertz CT molecular complexity index is 397. The molecule has 0 saturated carbocycles. The van der Waals surface area contributed by atoms with Gasteiger partial charge >= 0.3 is 0 Å². The maximum absolute atomic E-state index is 13.8. The van der Waals surface area contributed by atoms with Crippen molar-refractivity contribution >= 4 is 15.9 Å². The van der Waals surface area contributed by atoms with Crippen molar-refractivity contribution in [2.45, 2.75) is 32.5 Å². The molecule has 2 nitrogen and oxygen atoms in total. The molecular weight excluding hydrogens is 283 g/mol. The number of hydrogen-bond acceptors (Lipinski definition) is 2. The van der Waals surface area contributed by atoms with Crippen LogP contribution in [0.1, 0.15) is 19.4 Å². The molecule has 0 aromatic heterocycles. The lowest BCUT2D eigenvalue weighted by Crippen LogP contribution is -2.53. The molecule has 0 spiro atoms. The van der Waals surface area contributed by atoms with Crippen molar-refractivity contribution in [3.63, 3.8) is 0 Å². The van der Waals surface area contributed by atoms with E-state index in [-0.39, 0.29) is 5.82 Å². The lowest BCUT2D eigenvalue weighted by molar-refractivity contribution is 0.137. The minimum absolute atomic E-state index is 0.127. The van der Waals surface area contributed by atoms with Crippen LogP contribution in [0.3, 0.4) is 0 Å². The number of halogens is 2. The van der Waals surface area contributed by atoms with Crippen molar-refractivity contribution in [3.8, 4) is 0 Å². The van der Waals surface area contributed by atoms with Crippen LogP contribution in [-0.2, 0) is 6.54 Å². The molecule has 1 aromatic carbocycles. The van der Waals surface area contributed by atoms with Gasteiger partial charge in [0.2, 0.25) is 0 Å². The number of nitrogens with zero attached hydrogens (tertiary/aromatic N) is 1. The molecule has 2 atom stereocenters. The Morgan fingerprint density at radius 1 is 1.47 bits per heavy atom. The lowest BCUT2D eigenvalue weighted by Gasteiger charge is -2.37. The molecule has 1 N–H and O–H groups in total. The van der Waals surface area contributed by atoms with E-state index in [9.17, 15) is 4.39 Å². The zero-order valence-electron chi connectivity index (χ0n) is 10.2. The average Bonchev–Trinajstić information content (AvgIpc) is 2.27. The molecule has 2 rings (SSSR count). The summed E-state index contributed by atoms with van der Waals surface area (Å²) >= 11 is 3.28. The average molecular weight is 301 g/mol. The van der Waals surface area contributed by atoms with Gasteiger partial charge in [-0.1, -0.05) is 22.0 Å². The maximum atomic E-state index is 13.8. The monoisotopic (exact) mass is 300 g/mol. The summed E-state index contributed by atoms with van der Waals surface area (Å²) in [5.41, 5.74) is 0.772. The van der Waals surface area contributed by atoms with Crippen molar-refractivity contribution in [1.82, 2.24) is 10.2 Å². The zero-order chi connectivity index (χ0) is 12.4. The van der Waals surface area contributed by atoms with E-state index in [0.29, 0.717) is 18.6 Å². The van der Waals surface area contributed by atoms with E-state index in [0.717, 1.165) is 23.1 Å². The van der Waals surface area contributed by atoms with Crippen molar-refractivity contribution in [3.05, 3.63) is 34.1 Å². The van der Waals surface area contributed by atoms with Gasteiger partial charge in [0.25, 0.3) is 0 Å². The topological polar surface area (TPSA) is 15.3 Å². The molecule has 0 radical (unpaired) electrons. The molecule has 4 heteroatoms. The molecule has 0 bridgehead atoms. The predicted octanol–water partition coefficient (Wildman–Crippen LogP) is 2.77. The fourth-order valence-electron chi connectivity index (χ4n) is 2.19. The second-order valence-corrected chi connectivity index (χ2v) is 5.74. The smallest absolute Gasteiger partial charge is 0.128 e. The Morgan fingerprint density at radius 2 is 2.24 bits per heavy atom. The molecule has 17 heavy (non-hydrogen) atoms. The second kappa shape index (κ2) is 5.46. The quantitative estimate of drug-likeness (QED) is 0.903. The summed E-state index contributed by atoms with van der Waals surface area (Å²) in [6.07, 6.45) is 0. The van der Waals surface area contributed by atoms with Gasteiger partial charge in [-0.05, 0) is 26.0 Å². The van der Waals surface area contributed by atoms with Gasteiger partial charge in [-0.15, -0.1) is 0 Å². The molecule has 0 aliphatic carbocycles. The summed E-state index contributed by atoms with van der Waals surface area (Å²) in [7, 11) is 0. The summed E-state index contributed by atoms with van der Waals surface area (Å²) in [5, 5.41) is 3.43. The summed E-state index contributed by atoms with van der Waals surface area (Å²) in [4.78, 5) is 2.33. The number of hydrogen-bond donors (Lipinski definition) is 1. The number of nitrogens with one attached hydrogen (secondary N) is 1. The van der Waals surface area contributed by atoms with Crippen molar-refractivity contribution < 1.29 is 4.39 Å². The normalized spacial score (nSPS) is 26.1. The van der Waals surface area contributed by atoms with Gasteiger partial charge in [-0.3, -0.25) is 4.90 Å². The zero-order valence-corrected chi connectivity index (χ0v) is 11.8. The van der Waals surface area contributed by atoms with Gasteiger partial charge in [0.05, 0.1) is 0 Å². The molecule has 1 heterocycles. The van der Waals surface area contributed by atoms with Crippen LogP contribution in [0.15, 0.2) is 22.7 Å². The third kappa shape index (κ3) is 3.27. The molecule has 1 aromatic rings. The van der Waals surface area contributed by atoms with E-state index >= 15 is 0 Å². The van der Waals surface area contributed by atoms with Gasteiger partial charge in [0, 0.05) is 41.8 Å². The predicted molar refractivity (Wildman–Crippen MR) is 71.4 cm³/mol. The van der Waals surface area contributed by atoms with Gasteiger partial charge in [0.1, 0.15) is 5.82 Å². The van der Waals surface area contributed by atoms with Crippen LogP contribution in [0.25, 0.3) is 0 Å². The van der Waals surface area contributed by atoms with E-state index < -0.39 is 0 Å². The first-order valence-electron chi connectivity index (χ1n) is 5.97. The van der Waals surface area contributed by atoms with Gasteiger partial charge < -0.3 is 5.32 Å². The Hall–Kier alpha value is -0.450. The third-order valence-electron chi connectivity index (χ3n) is 3.28. The first kappa shape index (κ1) is 13.0. The van der Waals surface area contributed by atoms with Crippen LogP contribution >= 0.6 is 15.9 Å². The fraction of sp³-hybridized carbons (Fsp3) is 0.538. The number of rotatable bonds is 2. The van der Waals surface area contributed by atoms with Gasteiger partial charge in [0.15, 0.2) is 0 Å². The van der Waals surface area contributed by atoms with Crippen molar-refractivity contribution in [1.29, 1.82) is 0 Å². The molecule has 1 aliphatic heterocycles. The Balaban J connectivity index is 2.08. The number of benzene rings is 1. The highest BCUT2D eigenvalue weighted by atomic mass is 79.9. The van der Waals surface area contributed by atoms with Crippen molar-refractivity contribution in [2.75, 3.05) is 13.1 Å². The molecule has 1 aliphatic rings. The Kier molecular flexibility index (Phi) is 4.17. The fourth-order valence-corrected chi connectivity index (χ4v) is 2.52. The summed E-state index contributed by atoms with van der Waals surface area (Å²) < 4.78 is 14.5.